The number of hydrogen-bond acceptors (Lipinski definition) is 4. The van der Waals surface area contributed by atoms with Crippen LogP contribution in [0.5, 0.6) is 0 Å². The van der Waals surface area contributed by atoms with Crippen molar-refractivity contribution in [1.29, 1.82) is 0 Å². The number of hydrogen-bond donors (Lipinski definition) is 3. The zero-order valence-corrected chi connectivity index (χ0v) is 7.82. The highest BCUT2D eigenvalue weighted by Crippen LogP contribution is 2.24. The molecular weight excluding hydrogens is 213 g/mol. The standard InChI is InChI=1S/C8H9ClFNO3/c9-5-2-11-7(10)1-4(5)8(14)6(13)3-12/h1-2,6,8,12-14H,3H2. The zero-order valence-electron chi connectivity index (χ0n) is 7.06. The maximum absolute atomic E-state index is 12.6. The van der Waals surface area contributed by atoms with Crippen LogP contribution in [0.2, 0.25) is 5.02 Å². The second kappa shape index (κ2) is 4.65. The minimum atomic E-state index is -1.43. The quantitative estimate of drug-likeness (QED) is 0.641. The summed E-state index contributed by atoms with van der Waals surface area (Å²) in [6.07, 6.45) is -1.79. The predicted octanol–water partition coefficient (Wildman–Crippen LogP) is 0.261. The lowest BCUT2D eigenvalue weighted by molar-refractivity contribution is -0.0153. The predicted molar refractivity (Wildman–Crippen MR) is 47.3 cm³/mol. The molecule has 2 atom stereocenters. The molecule has 1 heterocycles. The van der Waals surface area contributed by atoms with Crippen LogP contribution in [0, 0.1) is 5.95 Å². The summed E-state index contributed by atoms with van der Waals surface area (Å²) < 4.78 is 12.6. The van der Waals surface area contributed by atoms with Crippen LogP contribution in [0.4, 0.5) is 4.39 Å². The van der Waals surface area contributed by atoms with Gasteiger partial charge in [-0.25, -0.2) is 4.98 Å². The van der Waals surface area contributed by atoms with Crippen molar-refractivity contribution in [2.75, 3.05) is 6.61 Å². The van der Waals surface area contributed by atoms with Crippen molar-refractivity contribution >= 4 is 11.6 Å². The maximum atomic E-state index is 12.6. The number of aliphatic hydroxyl groups excluding tert-OH is 3. The van der Waals surface area contributed by atoms with Gasteiger partial charge in [-0.1, -0.05) is 11.6 Å². The van der Waals surface area contributed by atoms with Crippen LogP contribution < -0.4 is 0 Å². The smallest absolute Gasteiger partial charge is 0.213 e. The lowest BCUT2D eigenvalue weighted by Crippen LogP contribution is -2.22. The van der Waals surface area contributed by atoms with E-state index >= 15 is 0 Å². The molecule has 0 aliphatic rings. The second-order valence-corrected chi connectivity index (χ2v) is 3.13. The van der Waals surface area contributed by atoms with E-state index in [1.807, 2.05) is 0 Å². The Hall–Kier alpha value is -0.750. The summed E-state index contributed by atoms with van der Waals surface area (Å²) >= 11 is 5.61. The minimum absolute atomic E-state index is 0.000664. The van der Waals surface area contributed by atoms with Crippen LogP contribution in [0.3, 0.4) is 0 Å². The highest BCUT2D eigenvalue weighted by molar-refractivity contribution is 6.31. The third-order valence-corrected chi connectivity index (χ3v) is 2.04. The lowest BCUT2D eigenvalue weighted by Gasteiger charge is -2.16. The normalized spacial score (nSPS) is 15.2. The summed E-state index contributed by atoms with van der Waals surface area (Å²) in [5, 5.41) is 27.1. The van der Waals surface area contributed by atoms with Gasteiger partial charge >= 0.3 is 0 Å². The van der Waals surface area contributed by atoms with E-state index in [2.05, 4.69) is 4.98 Å². The fraction of sp³-hybridized carbons (Fsp3) is 0.375. The first kappa shape index (κ1) is 11.3. The first-order valence-corrected chi connectivity index (χ1v) is 4.22. The Morgan fingerprint density at radius 2 is 2.14 bits per heavy atom. The molecule has 3 N–H and O–H groups in total. The molecular formula is C8H9ClFNO3. The van der Waals surface area contributed by atoms with Crippen LogP contribution in [0.25, 0.3) is 0 Å². The summed E-state index contributed by atoms with van der Waals surface area (Å²) in [6, 6.07) is 0.909. The molecule has 1 rings (SSSR count). The van der Waals surface area contributed by atoms with E-state index in [0.29, 0.717) is 0 Å². The van der Waals surface area contributed by atoms with E-state index in [4.69, 9.17) is 21.8 Å². The summed E-state index contributed by atoms with van der Waals surface area (Å²) in [5.41, 5.74) is 0.000664. The van der Waals surface area contributed by atoms with Crippen molar-refractivity contribution in [2.24, 2.45) is 0 Å². The Labute approximate surface area is 84.6 Å². The van der Waals surface area contributed by atoms with Crippen LogP contribution in [0.1, 0.15) is 11.7 Å². The van der Waals surface area contributed by atoms with Gasteiger partial charge in [0.15, 0.2) is 0 Å². The summed E-state index contributed by atoms with van der Waals surface area (Å²) in [7, 11) is 0. The zero-order chi connectivity index (χ0) is 10.7. The summed E-state index contributed by atoms with van der Waals surface area (Å²) in [4.78, 5) is 3.25. The Morgan fingerprint density at radius 3 is 2.71 bits per heavy atom. The molecule has 78 valence electrons. The van der Waals surface area contributed by atoms with Crippen molar-refractivity contribution in [3.05, 3.63) is 28.8 Å². The van der Waals surface area contributed by atoms with Gasteiger partial charge in [0.2, 0.25) is 5.95 Å². The van der Waals surface area contributed by atoms with Crippen LogP contribution in [-0.4, -0.2) is 33.0 Å². The Bertz CT molecular complexity index is 323. The van der Waals surface area contributed by atoms with Gasteiger partial charge in [0, 0.05) is 17.8 Å². The van der Waals surface area contributed by atoms with E-state index in [1.165, 1.54) is 0 Å². The molecule has 1 aromatic heterocycles. The van der Waals surface area contributed by atoms with Gasteiger partial charge in [-0.3, -0.25) is 0 Å². The molecule has 0 aliphatic carbocycles. The lowest BCUT2D eigenvalue weighted by atomic mass is 10.1. The summed E-state index contributed by atoms with van der Waals surface area (Å²) in [6.45, 7) is -0.637. The second-order valence-electron chi connectivity index (χ2n) is 2.72. The number of aliphatic hydroxyl groups is 3. The van der Waals surface area contributed by atoms with Crippen LogP contribution in [-0.2, 0) is 0 Å². The van der Waals surface area contributed by atoms with Gasteiger partial charge in [0.05, 0.1) is 11.6 Å². The van der Waals surface area contributed by atoms with E-state index in [1.54, 1.807) is 0 Å². The molecule has 2 unspecified atom stereocenters. The van der Waals surface area contributed by atoms with Crippen molar-refractivity contribution < 1.29 is 19.7 Å². The van der Waals surface area contributed by atoms with E-state index < -0.39 is 24.8 Å². The Morgan fingerprint density at radius 1 is 1.50 bits per heavy atom. The Balaban J connectivity index is 2.99. The summed E-state index contributed by atoms with van der Waals surface area (Å²) in [5.74, 6) is -0.811. The largest absolute Gasteiger partial charge is 0.394 e. The van der Waals surface area contributed by atoms with Gasteiger partial charge in [-0.2, -0.15) is 4.39 Å². The molecule has 0 aliphatic heterocycles. The van der Waals surface area contributed by atoms with Gasteiger partial charge in [0.1, 0.15) is 12.2 Å². The monoisotopic (exact) mass is 221 g/mol. The minimum Gasteiger partial charge on any atom is -0.394 e. The first-order valence-electron chi connectivity index (χ1n) is 3.84. The average Bonchev–Trinajstić information content (AvgIpc) is 2.19. The molecule has 0 radical (unpaired) electrons. The van der Waals surface area contributed by atoms with E-state index in [-0.39, 0.29) is 10.6 Å². The molecule has 6 heteroatoms. The number of aromatic nitrogens is 1. The van der Waals surface area contributed by atoms with Gasteiger partial charge in [-0.05, 0) is 0 Å². The first-order chi connectivity index (χ1) is 6.56. The van der Waals surface area contributed by atoms with Gasteiger partial charge < -0.3 is 15.3 Å². The van der Waals surface area contributed by atoms with E-state index in [9.17, 15) is 9.50 Å². The SMILES string of the molecule is OCC(O)C(O)c1cc(F)ncc1Cl. The molecule has 0 amide bonds. The molecule has 0 fully saturated rings. The fourth-order valence-corrected chi connectivity index (χ4v) is 1.18. The molecule has 0 bridgehead atoms. The molecule has 0 spiro atoms. The highest BCUT2D eigenvalue weighted by atomic mass is 35.5. The number of halogens is 2. The van der Waals surface area contributed by atoms with Crippen LogP contribution >= 0.6 is 11.6 Å². The topological polar surface area (TPSA) is 73.6 Å². The molecule has 0 aromatic carbocycles. The molecule has 4 nitrogen and oxygen atoms in total. The Kier molecular flexibility index (Phi) is 3.77. The molecule has 0 saturated heterocycles. The third-order valence-electron chi connectivity index (χ3n) is 1.72. The molecule has 14 heavy (non-hydrogen) atoms. The third kappa shape index (κ3) is 2.39. The van der Waals surface area contributed by atoms with Gasteiger partial charge in [-0.15, -0.1) is 0 Å². The van der Waals surface area contributed by atoms with Crippen molar-refractivity contribution in [1.82, 2.24) is 4.98 Å². The average molecular weight is 222 g/mol. The number of pyridine rings is 1. The molecule has 1 aromatic rings. The van der Waals surface area contributed by atoms with Gasteiger partial charge in [0.25, 0.3) is 0 Å². The fourth-order valence-electron chi connectivity index (χ4n) is 0.961. The molecule has 0 saturated carbocycles. The highest BCUT2D eigenvalue weighted by Gasteiger charge is 2.20. The maximum Gasteiger partial charge on any atom is 0.213 e. The van der Waals surface area contributed by atoms with E-state index in [0.717, 1.165) is 12.3 Å². The number of rotatable bonds is 3. The van der Waals surface area contributed by atoms with Crippen molar-refractivity contribution in [3.8, 4) is 0 Å². The van der Waals surface area contributed by atoms with Crippen molar-refractivity contribution in [2.45, 2.75) is 12.2 Å². The van der Waals surface area contributed by atoms with Crippen molar-refractivity contribution in [3.63, 3.8) is 0 Å². The number of nitrogens with zero attached hydrogens (tertiary/aromatic N) is 1. The van der Waals surface area contributed by atoms with Crippen LogP contribution in [0.15, 0.2) is 12.3 Å².